The molecule has 0 spiro atoms. The molecule has 0 aliphatic carbocycles. The zero-order chi connectivity index (χ0) is 13.2. The van der Waals surface area contributed by atoms with Gasteiger partial charge in [0, 0.05) is 16.6 Å². The quantitative estimate of drug-likeness (QED) is 0.660. The van der Waals surface area contributed by atoms with E-state index < -0.39 is 0 Å². The lowest BCUT2D eigenvalue weighted by atomic mass is 10.0. The molecule has 1 heterocycles. The zero-order valence-corrected chi connectivity index (χ0v) is 10.3. The second-order valence-electron chi connectivity index (χ2n) is 4.40. The maximum Gasteiger partial charge on any atom is 0.123 e. The average molecular weight is 249 g/mol. The van der Waals surface area contributed by atoms with E-state index in [1.165, 1.54) is 12.1 Å². The van der Waals surface area contributed by atoms with E-state index in [1.807, 2.05) is 36.4 Å². The van der Waals surface area contributed by atoms with Gasteiger partial charge in [-0.25, -0.2) is 4.39 Å². The van der Waals surface area contributed by atoms with Crippen LogP contribution in [0.5, 0.6) is 0 Å². The molecule has 0 N–H and O–H groups in total. The van der Waals surface area contributed by atoms with Gasteiger partial charge >= 0.3 is 0 Å². The zero-order valence-electron chi connectivity index (χ0n) is 10.3. The van der Waals surface area contributed by atoms with Crippen LogP contribution in [0, 0.1) is 12.7 Å². The van der Waals surface area contributed by atoms with Gasteiger partial charge in [-0.1, -0.05) is 36.4 Å². The summed E-state index contributed by atoms with van der Waals surface area (Å²) >= 11 is 0. The van der Waals surface area contributed by atoms with Gasteiger partial charge in [0.05, 0.1) is 5.69 Å². The summed E-state index contributed by atoms with van der Waals surface area (Å²) in [7, 11) is 0. The summed E-state index contributed by atoms with van der Waals surface area (Å²) < 4.78 is 13.4. The van der Waals surface area contributed by atoms with Crippen molar-refractivity contribution < 1.29 is 4.39 Å². The number of hydrogen-bond acceptors (Lipinski definition) is 1. The highest BCUT2D eigenvalue weighted by molar-refractivity contribution is 5.94. The van der Waals surface area contributed by atoms with Gasteiger partial charge in [0.25, 0.3) is 0 Å². The van der Waals surface area contributed by atoms with Crippen molar-refractivity contribution in [3.8, 4) is 11.3 Å². The van der Waals surface area contributed by atoms with Crippen molar-refractivity contribution >= 4 is 10.8 Å². The molecule has 0 unspecified atom stereocenters. The molecular weight excluding hydrogens is 237 g/mol. The predicted molar refractivity (Wildman–Crippen MR) is 75.1 cm³/mol. The van der Waals surface area contributed by atoms with Gasteiger partial charge in [-0.2, -0.15) is 0 Å². The molecule has 2 aromatic carbocycles. The Morgan fingerprint density at radius 1 is 1.00 bits per heavy atom. The molecule has 2 heteroatoms. The van der Waals surface area contributed by atoms with Crippen LogP contribution in [0.15, 0.2) is 54.6 Å². The Hall–Kier alpha value is -2.22. The van der Waals surface area contributed by atoms with Crippen molar-refractivity contribution in [1.29, 1.82) is 0 Å². The lowest BCUT2D eigenvalue weighted by molar-refractivity contribution is 0.628. The highest BCUT2D eigenvalue weighted by atomic mass is 19.1. The minimum Gasteiger partial charge on any atom is -0.252 e. The smallest absolute Gasteiger partial charge is 0.123 e. The number of hydrogen-bond donors (Lipinski definition) is 0. The highest BCUT2D eigenvalue weighted by Gasteiger charge is 2.08. The molecule has 3 aromatic rings. The maximum absolute atomic E-state index is 13.4. The molecule has 0 amide bonds. The highest BCUT2D eigenvalue weighted by Crippen LogP contribution is 2.28. The van der Waals surface area contributed by atoms with Crippen LogP contribution in [0.4, 0.5) is 4.39 Å². The van der Waals surface area contributed by atoms with Gasteiger partial charge in [-0.05, 0) is 36.9 Å². The maximum atomic E-state index is 13.4. The molecule has 1 aromatic heterocycles. The van der Waals surface area contributed by atoms with Crippen LogP contribution in [0.2, 0.25) is 0 Å². The predicted octanol–water partition coefficient (Wildman–Crippen LogP) is 4.29. The summed E-state index contributed by atoms with van der Waals surface area (Å²) in [5, 5.41) is 2.07. The van der Waals surface area contributed by atoms with Crippen molar-refractivity contribution in [1.82, 2.24) is 4.98 Å². The van der Waals surface area contributed by atoms with E-state index in [4.69, 9.17) is 6.92 Å². The van der Waals surface area contributed by atoms with Gasteiger partial charge in [0.1, 0.15) is 5.82 Å². The minimum atomic E-state index is -0.262. The third-order valence-electron chi connectivity index (χ3n) is 3.10. The van der Waals surface area contributed by atoms with E-state index >= 15 is 0 Å². The molecule has 0 atom stereocenters. The molecule has 3 rings (SSSR count). The summed E-state index contributed by atoms with van der Waals surface area (Å²) in [5.74, 6) is -0.262. The first-order valence-corrected chi connectivity index (χ1v) is 6.12. The largest absolute Gasteiger partial charge is 0.252 e. The van der Waals surface area contributed by atoms with E-state index in [9.17, 15) is 4.39 Å². The fourth-order valence-corrected chi connectivity index (χ4v) is 2.21. The molecular formula is C17H12FN. The Labute approximate surface area is 111 Å². The molecule has 92 valence electrons. The standard InChI is InChI=1S/C17H12FN/c1-2-15-11-12-6-3-4-9-16(12)17(19-15)13-7-5-8-14(18)10-13/h1,3-11H,2H2. The van der Waals surface area contributed by atoms with Crippen LogP contribution >= 0.6 is 0 Å². The first-order valence-electron chi connectivity index (χ1n) is 6.12. The van der Waals surface area contributed by atoms with E-state index in [2.05, 4.69) is 4.98 Å². The van der Waals surface area contributed by atoms with E-state index in [1.54, 1.807) is 6.07 Å². The Morgan fingerprint density at radius 3 is 2.63 bits per heavy atom. The van der Waals surface area contributed by atoms with Gasteiger partial charge in [-0.15, -0.1) is 0 Å². The Kier molecular flexibility index (Phi) is 3.00. The van der Waals surface area contributed by atoms with Crippen molar-refractivity contribution in [3.05, 3.63) is 73.0 Å². The molecule has 0 bridgehead atoms. The molecule has 0 aliphatic heterocycles. The normalized spacial score (nSPS) is 10.8. The third-order valence-corrected chi connectivity index (χ3v) is 3.10. The van der Waals surface area contributed by atoms with Crippen LogP contribution < -0.4 is 0 Å². The first kappa shape index (κ1) is 11.8. The Morgan fingerprint density at radius 2 is 1.84 bits per heavy atom. The van der Waals surface area contributed by atoms with Crippen LogP contribution in [-0.2, 0) is 6.42 Å². The van der Waals surface area contributed by atoms with Gasteiger partial charge < -0.3 is 0 Å². The summed E-state index contributed by atoms with van der Waals surface area (Å²) in [4.78, 5) is 4.54. The number of rotatable bonds is 2. The topological polar surface area (TPSA) is 12.9 Å². The lowest BCUT2D eigenvalue weighted by Crippen LogP contribution is -1.93. The van der Waals surface area contributed by atoms with Gasteiger partial charge in [0.2, 0.25) is 0 Å². The molecule has 2 radical (unpaired) electrons. The summed E-state index contributed by atoms with van der Waals surface area (Å²) in [6.45, 7) is 5.68. The lowest BCUT2D eigenvalue weighted by Gasteiger charge is -2.08. The fraction of sp³-hybridized carbons (Fsp3) is 0.0588. The van der Waals surface area contributed by atoms with Crippen molar-refractivity contribution in [2.45, 2.75) is 6.42 Å². The van der Waals surface area contributed by atoms with Crippen LogP contribution in [-0.4, -0.2) is 4.98 Å². The number of halogens is 1. The second-order valence-corrected chi connectivity index (χ2v) is 4.40. The fourth-order valence-electron chi connectivity index (χ4n) is 2.21. The van der Waals surface area contributed by atoms with Gasteiger partial charge in [0.15, 0.2) is 0 Å². The van der Waals surface area contributed by atoms with Crippen LogP contribution in [0.25, 0.3) is 22.0 Å². The average Bonchev–Trinajstić information content (AvgIpc) is 2.46. The summed E-state index contributed by atoms with van der Waals surface area (Å²) in [5.41, 5.74) is 2.35. The number of fused-ring (bicyclic) bond motifs is 1. The molecule has 1 nitrogen and oxygen atoms in total. The molecule has 19 heavy (non-hydrogen) atoms. The monoisotopic (exact) mass is 249 g/mol. The molecule has 0 saturated carbocycles. The molecule has 0 fully saturated rings. The van der Waals surface area contributed by atoms with Crippen LogP contribution in [0.3, 0.4) is 0 Å². The Balaban J connectivity index is 2.32. The number of aromatic nitrogens is 1. The second kappa shape index (κ2) is 4.81. The van der Waals surface area contributed by atoms with E-state index in [-0.39, 0.29) is 5.82 Å². The number of nitrogens with zero attached hydrogens (tertiary/aromatic N) is 1. The summed E-state index contributed by atoms with van der Waals surface area (Å²) in [6, 6.07) is 16.4. The van der Waals surface area contributed by atoms with Crippen molar-refractivity contribution in [2.75, 3.05) is 0 Å². The van der Waals surface area contributed by atoms with E-state index in [0.717, 1.165) is 27.7 Å². The first-order chi connectivity index (χ1) is 9.28. The van der Waals surface area contributed by atoms with Crippen molar-refractivity contribution in [3.63, 3.8) is 0 Å². The summed E-state index contributed by atoms with van der Waals surface area (Å²) in [6.07, 6.45) is 0.368. The molecule has 0 saturated heterocycles. The molecule has 0 aliphatic rings. The van der Waals surface area contributed by atoms with Crippen LogP contribution in [0.1, 0.15) is 5.69 Å². The third kappa shape index (κ3) is 2.22. The van der Waals surface area contributed by atoms with Crippen molar-refractivity contribution in [2.24, 2.45) is 0 Å². The number of benzene rings is 2. The number of pyridine rings is 1. The van der Waals surface area contributed by atoms with E-state index in [0.29, 0.717) is 6.42 Å². The SMILES string of the molecule is [CH]Cc1cc2ccccc2c(-c2cccc(F)c2)n1. The van der Waals surface area contributed by atoms with Gasteiger partial charge in [-0.3, -0.25) is 4.98 Å². The Bertz CT molecular complexity index is 734. The minimum absolute atomic E-state index is 0.262.